The fourth-order valence-corrected chi connectivity index (χ4v) is 3.41. The number of methoxy groups -OCH3 is 1. The van der Waals surface area contributed by atoms with Gasteiger partial charge in [-0.15, -0.1) is 0 Å². The molecule has 3 aromatic rings. The Morgan fingerprint density at radius 3 is 2.36 bits per heavy atom. The van der Waals surface area contributed by atoms with Crippen LogP contribution in [0.4, 0.5) is 0 Å². The molecule has 0 radical (unpaired) electrons. The molecule has 0 fully saturated rings. The number of rotatable bonds is 7. The molecule has 1 heterocycles. The van der Waals surface area contributed by atoms with E-state index in [0.29, 0.717) is 24.3 Å². The van der Waals surface area contributed by atoms with Crippen LogP contribution in [0, 0.1) is 0 Å². The lowest BCUT2D eigenvalue weighted by atomic mass is 9.97. The van der Waals surface area contributed by atoms with Gasteiger partial charge in [-0.1, -0.05) is 47.6 Å². The summed E-state index contributed by atoms with van der Waals surface area (Å²) >= 11 is 0. The topological polar surface area (TPSA) is 112 Å². The quantitative estimate of drug-likeness (QED) is 0.610. The van der Waals surface area contributed by atoms with Crippen LogP contribution in [-0.2, 0) is 26.0 Å². The van der Waals surface area contributed by atoms with Crippen LogP contribution in [-0.4, -0.2) is 26.7 Å². The number of ether oxygens (including phenoxy) is 1. The Bertz CT molecular complexity index is 1060. The van der Waals surface area contributed by atoms with Crippen molar-refractivity contribution >= 4 is 16.0 Å². The van der Waals surface area contributed by atoms with E-state index in [-0.39, 0.29) is 17.3 Å². The molecule has 0 spiro atoms. The van der Waals surface area contributed by atoms with Gasteiger partial charge in [0.15, 0.2) is 0 Å². The molecule has 0 aliphatic carbocycles. The van der Waals surface area contributed by atoms with Crippen LogP contribution in [0.25, 0.3) is 22.4 Å². The van der Waals surface area contributed by atoms with E-state index in [1.54, 1.807) is 12.1 Å². The molecule has 0 aliphatic heterocycles. The minimum absolute atomic E-state index is 0.0289. The molecule has 1 aromatic heterocycles. The molecule has 0 unspecified atom stereocenters. The molecule has 0 atom stereocenters. The van der Waals surface area contributed by atoms with Gasteiger partial charge in [0.1, 0.15) is 11.5 Å². The van der Waals surface area contributed by atoms with Crippen LogP contribution in [0.5, 0.6) is 0 Å². The molecular formula is C20H20N2O5S. The predicted octanol–water partition coefficient (Wildman–Crippen LogP) is 3.15. The number of nitrogens with zero attached hydrogens (tertiary/aromatic N) is 1. The number of carbonyl (C=O) groups excluding carboxylic acids is 1. The largest absolute Gasteiger partial charge is 0.469 e. The summed E-state index contributed by atoms with van der Waals surface area (Å²) in [4.78, 5) is 11.4. The van der Waals surface area contributed by atoms with Crippen molar-refractivity contribution in [3.63, 3.8) is 0 Å². The van der Waals surface area contributed by atoms with E-state index in [2.05, 4.69) is 9.89 Å². The highest BCUT2D eigenvalue weighted by atomic mass is 32.2. The number of hydrogen-bond donors (Lipinski definition) is 1. The van der Waals surface area contributed by atoms with Gasteiger partial charge in [0, 0.05) is 18.4 Å². The Morgan fingerprint density at radius 2 is 1.75 bits per heavy atom. The van der Waals surface area contributed by atoms with Crippen molar-refractivity contribution in [3.05, 3.63) is 60.4 Å². The van der Waals surface area contributed by atoms with Crippen LogP contribution >= 0.6 is 0 Å². The van der Waals surface area contributed by atoms with E-state index in [1.165, 1.54) is 19.2 Å². The van der Waals surface area contributed by atoms with Gasteiger partial charge in [-0.25, -0.2) is 13.6 Å². The second kappa shape index (κ2) is 8.37. The lowest BCUT2D eigenvalue weighted by Crippen LogP contribution is -2.11. The number of nitrogens with two attached hydrogens (primary N) is 1. The summed E-state index contributed by atoms with van der Waals surface area (Å²) in [5, 5.41) is 9.40. The standard InChI is InChI=1S/C20H20N2O5S/c1-26-18(23)9-5-8-17-19(14-10-12-16(13-11-14)28(21,24)25)20(22-27-17)15-6-3-2-4-7-15/h2-4,6-7,10-13H,5,8-9H2,1H3,(H2,21,24,25). The molecule has 7 nitrogen and oxygen atoms in total. The number of hydrogen-bond acceptors (Lipinski definition) is 6. The molecule has 8 heteroatoms. The monoisotopic (exact) mass is 400 g/mol. The molecule has 146 valence electrons. The Balaban J connectivity index is 2.00. The van der Waals surface area contributed by atoms with Gasteiger partial charge in [0.25, 0.3) is 0 Å². The van der Waals surface area contributed by atoms with Crippen molar-refractivity contribution in [1.82, 2.24) is 5.16 Å². The van der Waals surface area contributed by atoms with Gasteiger partial charge in [0.2, 0.25) is 10.0 Å². The average molecular weight is 400 g/mol. The first kappa shape index (κ1) is 19.8. The van der Waals surface area contributed by atoms with Gasteiger partial charge < -0.3 is 9.26 Å². The zero-order valence-electron chi connectivity index (χ0n) is 15.3. The number of aromatic nitrogens is 1. The van der Waals surface area contributed by atoms with Crippen molar-refractivity contribution in [2.75, 3.05) is 7.11 Å². The van der Waals surface area contributed by atoms with Crippen molar-refractivity contribution < 1.29 is 22.5 Å². The van der Waals surface area contributed by atoms with E-state index in [9.17, 15) is 13.2 Å². The van der Waals surface area contributed by atoms with Crippen molar-refractivity contribution in [1.29, 1.82) is 0 Å². The lowest BCUT2D eigenvalue weighted by Gasteiger charge is -2.06. The van der Waals surface area contributed by atoms with E-state index in [4.69, 9.17) is 9.66 Å². The lowest BCUT2D eigenvalue weighted by molar-refractivity contribution is -0.140. The number of carbonyl (C=O) groups is 1. The van der Waals surface area contributed by atoms with Crippen molar-refractivity contribution in [2.24, 2.45) is 5.14 Å². The number of esters is 1. The van der Waals surface area contributed by atoms with Crippen molar-refractivity contribution in [2.45, 2.75) is 24.2 Å². The van der Waals surface area contributed by atoms with E-state index < -0.39 is 10.0 Å². The number of sulfonamides is 1. The molecular weight excluding hydrogens is 380 g/mol. The highest BCUT2D eigenvalue weighted by Crippen LogP contribution is 2.35. The van der Waals surface area contributed by atoms with Crippen LogP contribution in [0.2, 0.25) is 0 Å². The average Bonchev–Trinajstić information content (AvgIpc) is 3.11. The highest BCUT2D eigenvalue weighted by Gasteiger charge is 2.20. The number of primary sulfonamides is 1. The van der Waals surface area contributed by atoms with Gasteiger partial charge in [-0.05, 0) is 24.1 Å². The van der Waals surface area contributed by atoms with Gasteiger partial charge >= 0.3 is 5.97 Å². The van der Waals surface area contributed by atoms with Gasteiger partial charge in [-0.3, -0.25) is 4.79 Å². The zero-order valence-corrected chi connectivity index (χ0v) is 16.1. The zero-order chi connectivity index (χ0) is 20.1. The third-order valence-electron chi connectivity index (χ3n) is 4.29. The summed E-state index contributed by atoms with van der Waals surface area (Å²) in [5.41, 5.74) is 3.03. The van der Waals surface area contributed by atoms with Crippen molar-refractivity contribution in [3.8, 4) is 22.4 Å². The molecule has 0 amide bonds. The van der Waals surface area contributed by atoms with E-state index in [0.717, 1.165) is 16.7 Å². The minimum atomic E-state index is -3.78. The van der Waals surface area contributed by atoms with E-state index in [1.807, 2.05) is 30.3 Å². The first-order valence-electron chi connectivity index (χ1n) is 8.64. The van der Waals surface area contributed by atoms with Crippen LogP contribution in [0.1, 0.15) is 18.6 Å². The second-order valence-corrected chi connectivity index (χ2v) is 7.76. The Hall–Kier alpha value is -2.97. The van der Waals surface area contributed by atoms with E-state index >= 15 is 0 Å². The maximum Gasteiger partial charge on any atom is 0.305 e. The summed E-state index contributed by atoms with van der Waals surface area (Å²) in [7, 11) is -2.43. The number of benzene rings is 2. The third-order valence-corrected chi connectivity index (χ3v) is 5.22. The smallest absolute Gasteiger partial charge is 0.305 e. The summed E-state index contributed by atoms with van der Waals surface area (Å²) < 4.78 is 33.3. The van der Waals surface area contributed by atoms with Crippen LogP contribution in [0.3, 0.4) is 0 Å². The fraction of sp³-hybridized carbons (Fsp3) is 0.200. The maximum atomic E-state index is 11.5. The second-order valence-electron chi connectivity index (χ2n) is 6.19. The Morgan fingerprint density at radius 1 is 1.07 bits per heavy atom. The Kier molecular flexibility index (Phi) is 5.91. The molecule has 0 saturated heterocycles. The SMILES string of the molecule is COC(=O)CCCc1onc(-c2ccccc2)c1-c1ccc(S(N)(=O)=O)cc1. The first-order valence-corrected chi connectivity index (χ1v) is 10.2. The summed E-state index contributed by atoms with van der Waals surface area (Å²) in [6.07, 6.45) is 1.29. The predicted molar refractivity (Wildman–Crippen MR) is 104 cm³/mol. The molecule has 0 saturated carbocycles. The molecule has 2 aromatic carbocycles. The Labute approximate surface area is 163 Å². The molecule has 28 heavy (non-hydrogen) atoms. The minimum Gasteiger partial charge on any atom is -0.469 e. The van der Waals surface area contributed by atoms with Gasteiger partial charge in [-0.2, -0.15) is 0 Å². The molecule has 0 aliphatic rings. The van der Waals surface area contributed by atoms with Gasteiger partial charge in [0.05, 0.1) is 17.6 Å². The maximum absolute atomic E-state index is 11.5. The summed E-state index contributed by atoms with van der Waals surface area (Å²) in [6, 6.07) is 15.8. The fourth-order valence-electron chi connectivity index (χ4n) is 2.89. The normalized spacial score (nSPS) is 11.4. The third kappa shape index (κ3) is 4.47. The molecule has 0 bridgehead atoms. The summed E-state index contributed by atoms with van der Waals surface area (Å²) in [6.45, 7) is 0. The van der Waals surface area contributed by atoms with Crippen LogP contribution < -0.4 is 5.14 Å². The van der Waals surface area contributed by atoms with Crippen LogP contribution in [0.15, 0.2) is 64.0 Å². The number of aryl methyl sites for hydroxylation is 1. The highest BCUT2D eigenvalue weighted by molar-refractivity contribution is 7.89. The molecule has 3 rings (SSSR count). The summed E-state index contributed by atoms with van der Waals surface area (Å²) in [5.74, 6) is 0.327. The first-order chi connectivity index (χ1) is 13.4. The molecule has 2 N–H and O–H groups in total.